The molecule has 2 aromatic carbocycles. The minimum atomic E-state index is -0.697. The molecule has 0 bridgehead atoms. The average Bonchev–Trinajstić information content (AvgIpc) is 2.50. The molecule has 1 unspecified atom stereocenters. The van der Waals surface area contributed by atoms with E-state index in [2.05, 4.69) is 10.6 Å². The first-order valence-electron chi connectivity index (χ1n) is 6.75. The molecule has 1 atom stereocenters. The van der Waals surface area contributed by atoms with E-state index >= 15 is 0 Å². The van der Waals surface area contributed by atoms with Crippen molar-refractivity contribution in [3.05, 3.63) is 60.2 Å². The molecule has 0 aromatic heterocycles. The maximum Gasteiger partial charge on any atom is 0.171 e. The molecule has 2 N–H and O–H groups in total. The second-order valence-electron chi connectivity index (χ2n) is 4.72. The van der Waals surface area contributed by atoms with Crippen molar-refractivity contribution < 1.29 is 13.5 Å². The Bertz CT molecular complexity index is 617. The van der Waals surface area contributed by atoms with Crippen molar-refractivity contribution in [3.8, 4) is 5.75 Å². The number of halogens is 2. The van der Waals surface area contributed by atoms with Gasteiger partial charge in [-0.3, -0.25) is 0 Å². The monoisotopic (exact) mass is 322 g/mol. The molecular formula is C16H16F2N2OS. The number of hydrogen-bond acceptors (Lipinski definition) is 2. The fraction of sp³-hybridized carbons (Fsp3) is 0.188. The van der Waals surface area contributed by atoms with Crippen LogP contribution in [-0.2, 0) is 0 Å². The standard InChI is InChI=1S/C16H16F2N2OS/c1-11(10-21-12-6-3-2-4-7-12)19-16(22)20-15-13(17)8-5-9-14(15)18/h2-9,11H,10H2,1H3,(H2,19,20,22). The SMILES string of the molecule is CC(COc1ccccc1)NC(=S)Nc1c(F)cccc1F. The Morgan fingerprint density at radius 1 is 1.09 bits per heavy atom. The van der Waals surface area contributed by atoms with Gasteiger partial charge in [0.05, 0.1) is 6.04 Å². The Morgan fingerprint density at radius 2 is 1.73 bits per heavy atom. The fourth-order valence-corrected chi connectivity index (χ4v) is 2.07. The summed E-state index contributed by atoms with van der Waals surface area (Å²) in [5, 5.41) is 5.57. The lowest BCUT2D eigenvalue weighted by Gasteiger charge is -2.18. The highest BCUT2D eigenvalue weighted by Gasteiger charge is 2.11. The lowest BCUT2D eigenvalue weighted by Crippen LogP contribution is -2.39. The van der Waals surface area contributed by atoms with Crippen LogP contribution in [0.2, 0.25) is 0 Å². The number of para-hydroxylation sites is 2. The zero-order chi connectivity index (χ0) is 15.9. The number of rotatable bonds is 5. The first kappa shape index (κ1) is 16.2. The molecular weight excluding hydrogens is 306 g/mol. The van der Waals surface area contributed by atoms with Gasteiger partial charge >= 0.3 is 0 Å². The normalized spacial score (nSPS) is 11.6. The third-order valence-corrected chi connectivity index (χ3v) is 3.04. The van der Waals surface area contributed by atoms with Crippen LogP contribution in [0.25, 0.3) is 0 Å². The van der Waals surface area contributed by atoms with Gasteiger partial charge in [-0.1, -0.05) is 24.3 Å². The van der Waals surface area contributed by atoms with Gasteiger partial charge < -0.3 is 15.4 Å². The summed E-state index contributed by atoms with van der Waals surface area (Å²) >= 11 is 5.05. The predicted molar refractivity (Wildman–Crippen MR) is 87.1 cm³/mol. The molecule has 0 radical (unpaired) electrons. The van der Waals surface area contributed by atoms with Gasteiger partial charge in [0.2, 0.25) is 0 Å². The highest BCUT2D eigenvalue weighted by molar-refractivity contribution is 7.80. The molecule has 0 saturated heterocycles. The third kappa shape index (κ3) is 4.66. The van der Waals surface area contributed by atoms with E-state index in [9.17, 15) is 8.78 Å². The summed E-state index contributed by atoms with van der Waals surface area (Å²) in [6, 6.07) is 12.8. The van der Waals surface area contributed by atoms with Gasteiger partial charge in [0.15, 0.2) is 5.11 Å². The van der Waals surface area contributed by atoms with Crippen molar-refractivity contribution in [3.63, 3.8) is 0 Å². The second kappa shape index (κ2) is 7.70. The van der Waals surface area contributed by atoms with Crippen LogP contribution >= 0.6 is 12.2 Å². The van der Waals surface area contributed by atoms with Crippen LogP contribution in [0.3, 0.4) is 0 Å². The van der Waals surface area contributed by atoms with Crippen molar-refractivity contribution in [1.29, 1.82) is 0 Å². The third-order valence-electron chi connectivity index (χ3n) is 2.82. The van der Waals surface area contributed by atoms with Crippen LogP contribution in [0.15, 0.2) is 48.5 Å². The number of nitrogens with one attached hydrogen (secondary N) is 2. The predicted octanol–water partition coefficient (Wildman–Crippen LogP) is 3.72. The Kier molecular flexibility index (Phi) is 5.66. The Labute approximate surface area is 133 Å². The maximum atomic E-state index is 13.5. The summed E-state index contributed by atoms with van der Waals surface area (Å²) in [4.78, 5) is 0. The van der Waals surface area contributed by atoms with E-state index in [1.54, 1.807) is 0 Å². The van der Waals surface area contributed by atoms with E-state index in [1.165, 1.54) is 6.07 Å². The zero-order valence-corrected chi connectivity index (χ0v) is 12.8. The van der Waals surface area contributed by atoms with Crippen molar-refractivity contribution in [2.24, 2.45) is 0 Å². The van der Waals surface area contributed by atoms with Crippen LogP contribution in [-0.4, -0.2) is 17.8 Å². The van der Waals surface area contributed by atoms with Crippen LogP contribution < -0.4 is 15.4 Å². The number of thiocarbonyl (C=S) groups is 1. The molecule has 0 aliphatic rings. The van der Waals surface area contributed by atoms with E-state index in [4.69, 9.17) is 17.0 Å². The molecule has 116 valence electrons. The number of anilines is 1. The first-order chi connectivity index (χ1) is 10.6. The minimum Gasteiger partial charge on any atom is -0.491 e. The Balaban J connectivity index is 1.84. The van der Waals surface area contributed by atoms with E-state index in [-0.39, 0.29) is 16.8 Å². The van der Waals surface area contributed by atoms with Gasteiger partial charge in [-0.15, -0.1) is 0 Å². The zero-order valence-electron chi connectivity index (χ0n) is 12.0. The van der Waals surface area contributed by atoms with Crippen molar-refractivity contribution in [1.82, 2.24) is 5.32 Å². The lowest BCUT2D eigenvalue weighted by atomic mass is 10.3. The Hall–Kier alpha value is -2.21. The second-order valence-corrected chi connectivity index (χ2v) is 5.13. The van der Waals surface area contributed by atoms with Crippen LogP contribution in [0, 0.1) is 11.6 Å². The molecule has 0 saturated carbocycles. The summed E-state index contributed by atoms with van der Waals surface area (Å²) in [5.74, 6) is -0.648. The van der Waals surface area contributed by atoms with Crippen LogP contribution in [0.4, 0.5) is 14.5 Å². The summed E-state index contributed by atoms with van der Waals surface area (Å²) < 4.78 is 32.6. The summed E-state index contributed by atoms with van der Waals surface area (Å²) in [6.45, 7) is 2.22. The van der Waals surface area contributed by atoms with Gasteiger partial charge in [0.25, 0.3) is 0 Å². The number of benzene rings is 2. The smallest absolute Gasteiger partial charge is 0.171 e. The first-order valence-corrected chi connectivity index (χ1v) is 7.16. The minimum absolute atomic E-state index is 0.130. The van der Waals surface area contributed by atoms with Gasteiger partial charge in [0, 0.05) is 0 Å². The number of hydrogen-bond donors (Lipinski definition) is 2. The highest BCUT2D eigenvalue weighted by atomic mass is 32.1. The van der Waals surface area contributed by atoms with Gasteiger partial charge in [-0.2, -0.15) is 0 Å². The fourth-order valence-electron chi connectivity index (χ4n) is 1.77. The molecule has 6 heteroatoms. The van der Waals surface area contributed by atoms with Gasteiger partial charge in [-0.05, 0) is 43.4 Å². The molecule has 0 fully saturated rings. The van der Waals surface area contributed by atoms with Crippen molar-refractivity contribution >= 4 is 23.0 Å². The average molecular weight is 322 g/mol. The number of ether oxygens (including phenoxy) is 1. The van der Waals surface area contributed by atoms with Crippen molar-refractivity contribution in [2.75, 3.05) is 11.9 Å². The van der Waals surface area contributed by atoms with E-state index in [0.29, 0.717) is 6.61 Å². The quantitative estimate of drug-likeness (QED) is 0.822. The van der Waals surface area contributed by atoms with Crippen molar-refractivity contribution in [2.45, 2.75) is 13.0 Å². The molecule has 0 heterocycles. The Morgan fingerprint density at radius 3 is 2.36 bits per heavy atom. The van der Waals surface area contributed by atoms with E-state index in [1.807, 2.05) is 37.3 Å². The maximum absolute atomic E-state index is 13.5. The summed E-state index contributed by atoms with van der Waals surface area (Å²) in [5.41, 5.74) is -0.267. The van der Waals surface area contributed by atoms with Gasteiger partial charge in [0.1, 0.15) is 29.7 Å². The molecule has 0 aliphatic heterocycles. The lowest BCUT2D eigenvalue weighted by molar-refractivity contribution is 0.287. The summed E-state index contributed by atoms with van der Waals surface area (Å²) in [7, 11) is 0. The molecule has 2 rings (SSSR count). The molecule has 0 spiro atoms. The highest BCUT2D eigenvalue weighted by Crippen LogP contribution is 2.17. The van der Waals surface area contributed by atoms with Gasteiger partial charge in [-0.25, -0.2) is 8.78 Å². The molecule has 3 nitrogen and oxygen atoms in total. The topological polar surface area (TPSA) is 33.3 Å². The molecule has 2 aromatic rings. The molecule has 0 amide bonds. The molecule has 0 aliphatic carbocycles. The summed E-state index contributed by atoms with van der Waals surface area (Å²) in [6.07, 6.45) is 0. The molecule has 22 heavy (non-hydrogen) atoms. The van der Waals surface area contributed by atoms with Crippen LogP contribution in [0.1, 0.15) is 6.92 Å². The van der Waals surface area contributed by atoms with Crippen LogP contribution in [0.5, 0.6) is 5.75 Å². The largest absolute Gasteiger partial charge is 0.491 e. The van der Waals surface area contributed by atoms with E-state index in [0.717, 1.165) is 17.9 Å². The van der Waals surface area contributed by atoms with E-state index < -0.39 is 11.6 Å².